The second-order valence-electron chi connectivity index (χ2n) is 17.6. The number of aliphatic hydroxyl groups is 1. The van der Waals surface area contributed by atoms with E-state index in [4.69, 9.17) is 19.9 Å². The molecule has 3 fully saturated rings. The molecule has 3 aliphatic heterocycles. The van der Waals surface area contributed by atoms with E-state index in [1.165, 1.54) is 0 Å². The topological polar surface area (TPSA) is 235 Å². The summed E-state index contributed by atoms with van der Waals surface area (Å²) in [5.41, 5.74) is 10.8. The largest absolute Gasteiger partial charge is 0.380 e. The molecule has 5 unspecified atom stereocenters. The second-order valence-corrected chi connectivity index (χ2v) is 17.6. The molecule has 9 atom stereocenters. The molecule has 66 heavy (non-hydrogen) atoms. The molecule has 16 heteroatoms. The van der Waals surface area contributed by atoms with Crippen LogP contribution in [0.15, 0.2) is 115 Å². The SMILES string of the molecule is CC1(C)OC2[C@H](OC3C(O)C(=O)NC(Cc4ccccc4)C(=O)N[C@H](Cc4c[nH]c5ccccc45)C(=O)NC(CCCCN)C(=O)N[C@@H](Cc4ccc(-c5ccccc5)cc4)C(=O)N[C@H]32)O1. The highest BCUT2D eigenvalue weighted by Gasteiger charge is 2.58. The lowest BCUT2D eigenvalue weighted by Gasteiger charge is -2.31. The summed E-state index contributed by atoms with van der Waals surface area (Å²) in [6.07, 6.45) is -2.46. The van der Waals surface area contributed by atoms with Crippen LogP contribution in [0.5, 0.6) is 0 Å². The molecule has 4 heterocycles. The number of amides is 5. The fourth-order valence-corrected chi connectivity index (χ4v) is 8.91. The number of hydrogen-bond acceptors (Lipinski definition) is 10. The van der Waals surface area contributed by atoms with Gasteiger partial charge in [0.1, 0.15) is 36.4 Å². The molecule has 4 aromatic carbocycles. The Balaban J connectivity index is 1.17. The van der Waals surface area contributed by atoms with Crippen molar-refractivity contribution < 1.29 is 43.3 Å². The van der Waals surface area contributed by atoms with Gasteiger partial charge in [0.25, 0.3) is 5.91 Å². The van der Waals surface area contributed by atoms with Crippen LogP contribution in [0, 0.1) is 0 Å². The lowest BCUT2D eigenvalue weighted by molar-refractivity contribution is -0.216. The molecule has 5 aromatic rings. The van der Waals surface area contributed by atoms with E-state index in [1.807, 2.05) is 84.9 Å². The van der Waals surface area contributed by atoms with E-state index in [9.17, 15) is 29.1 Å². The average molecular weight is 900 g/mol. The van der Waals surface area contributed by atoms with Crippen molar-refractivity contribution >= 4 is 40.4 Å². The van der Waals surface area contributed by atoms with Crippen LogP contribution in [0.25, 0.3) is 22.0 Å². The van der Waals surface area contributed by atoms with E-state index < -0.39 is 90.1 Å². The summed E-state index contributed by atoms with van der Waals surface area (Å²) in [4.78, 5) is 75.9. The third-order valence-electron chi connectivity index (χ3n) is 12.3. The number of aliphatic hydroxyl groups excluding tert-OH is 1. The predicted octanol–water partition coefficient (Wildman–Crippen LogP) is 2.67. The molecular weight excluding hydrogens is 843 g/mol. The Hall–Kier alpha value is -6.43. The van der Waals surface area contributed by atoms with Gasteiger partial charge in [-0.1, -0.05) is 103 Å². The first-order chi connectivity index (χ1) is 31.9. The number of aromatic nitrogens is 1. The predicted molar refractivity (Wildman–Crippen MR) is 245 cm³/mol. The molecule has 9 N–H and O–H groups in total. The summed E-state index contributed by atoms with van der Waals surface area (Å²) in [7, 11) is 0. The Morgan fingerprint density at radius 2 is 1.12 bits per heavy atom. The summed E-state index contributed by atoms with van der Waals surface area (Å²) in [6.45, 7) is 3.70. The number of H-pyrrole nitrogens is 1. The van der Waals surface area contributed by atoms with Gasteiger partial charge in [-0.15, -0.1) is 0 Å². The van der Waals surface area contributed by atoms with Crippen LogP contribution in [0.4, 0.5) is 0 Å². The lowest BCUT2D eigenvalue weighted by Crippen LogP contribution is -2.60. The molecule has 0 bridgehead atoms. The lowest BCUT2D eigenvalue weighted by atomic mass is 9.98. The summed E-state index contributed by atoms with van der Waals surface area (Å²) >= 11 is 0. The Morgan fingerprint density at radius 3 is 1.80 bits per heavy atom. The van der Waals surface area contributed by atoms with Crippen LogP contribution in [0.1, 0.15) is 49.8 Å². The molecule has 0 saturated carbocycles. The maximum atomic E-state index is 14.7. The number of nitrogens with two attached hydrogens (primary N) is 1. The summed E-state index contributed by atoms with van der Waals surface area (Å²) in [5.74, 6) is -4.79. The van der Waals surface area contributed by atoms with Crippen molar-refractivity contribution in [3.8, 4) is 11.1 Å². The van der Waals surface area contributed by atoms with E-state index in [0.29, 0.717) is 30.5 Å². The molecular formula is C50H57N7O9. The van der Waals surface area contributed by atoms with E-state index >= 15 is 0 Å². The van der Waals surface area contributed by atoms with Gasteiger partial charge in [0.2, 0.25) is 23.6 Å². The smallest absolute Gasteiger partial charge is 0.252 e. The Kier molecular flexibility index (Phi) is 14.2. The van der Waals surface area contributed by atoms with Gasteiger partial charge in [-0.25, -0.2) is 0 Å². The highest BCUT2D eigenvalue weighted by Crippen LogP contribution is 2.38. The van der Waals surface area contributed by atoms with Crippen molar-refractivity contribution in [3.05, 3.63) is 132 Å². The van der Waals surface area contributed by atoms with Gasteiger partial charge in [0.15, 0.2) is 18.2 Å². The number of rotatable bonds is 11. The van der Waals surface area contributed by atoms with Crippen LogP contribution in [0.2, 0.25) is 0 Å². The van der Waals surface area contributed by atoms with Gasteiger partial charge in [-0.05, 0) is 73.5 Å². The van der Waals surface area contributed by atoms with E-state index in [0.717, 1.165) is 27.6 Å². The first kappa shape index (κ1) is 46.1. The van der Waals surface area contributed by atoms with Gasteiger partial charge in [-0.3, -0.25) is 24.0 Å². The zero-order valence-corrected chi connectivity index (χ0v) is 36.9. The molecule has 0 radical (unpaired) electrons. The first-order valence-corrected chi connectivity index (χ1v) is 22.5. The molecule has 346 valence electrons. The quantitative estimate of drug-likeness (QED) is 0.0903. The van der Waals surface area contributed by atoms with Crippen LogP contribution in [-0.2, 0) is 57.4 Å². The van der Waals surface area contributed by atoms with Crippen LogP contribution >= 0.6 is 0 Å². The molecule has 0 spiro atoms. The third kappa shape index (κ3) is 10.8. The molecule has 3 saturated heterocycles. The van der Waals surface area contributed by atoms with Crippen molar-refractivity contribution in [3.63, 3.8) is 0 Å². The number of aromatic amines is 1. The van der Waals surface area contributed by atoms with Gasteiger partial charge in [0, 0.05) is 36.4 Å². The summed E-state index contributed by atoms with van der Waals surface area (Å²) in [6, 6.07) is 27.8. The highest BCUT2D eigenvalue weighted by atomic mass is 16.8. The molecule has 16 nitrogen and oxygen atoms in total. The third-order valence-corrected chi connectivity index (χ3v) is 12.3. The number of nitrogens with one attached hydrogen (secondary N) is 6. The summed E-state index contributed by atoms with van der Waals surface area (Å²) in [5, 5.41) is 27.0. The average Bonchev–Trinajstić information content (AvgIpc) is 3.97. The van der Waals surface area contributed by atoms with Crippen molar-refractivity contribution in [2.45, 2.75) is 113 Å². The monoisotopic (exact) mass is 899 g/mol. The van der Waals surface area contributed by atoms with Gasteiger partial charge in [-0.2, -0.15) is 0 Å². The fourth-order valence-electron chi connectivity index (χ4n) is 8.91. The van der Waals surface area contributed by atoms with Crippen LogP contribution in [-0.4, -0.2) is 107 Å². The minimum atomic E-state index is -1.95. The van der Waals surface area contributed by atoms with E-state index in [2.05, 4.69) is 31.6 Å². The Labute approximate surface area is 382 Å². The summed E-state index contributed by atoms with van der Waals surface area (Å²) < 4.78 is 18.3. The van der Waals surface area contributed by atoms with Crippen molar-refractivity contribution in [1.29, 1.82) is 0 Å². The van der Waals surface area contributed by atoms with E-state index in [-0.39, 0.29) is 25.7 Å². The molecule has 3 aliphatic rings. The number of carbonyl (C=O) groups is 5. The maximum Gasteiger partial charge on any atom is 0.252 e. The molecule has 0 aliphatic carbocycles. The zero-order valence-electron chi connectivity index (χ0n) is 36.9. The minimum absolute atomic E-state index is 0.00802. The van der Waals surface area contributed by atoms with Crippen molar-refractivity contribution in [2.24, 2.45) is 5.73 Å². The Morgan fingerprint density at radius 1 is 0.576 bits per heavy atom. The van der Waals surface area contributed by atoms with Crippen LogP contribution in [0.3, 0.4) is 0 Å². The second kappa shape index (κ2) is 20.4. The minimum Gasteiger partial charge on any atom is -0.380 e. The number of ether oxygens (including phenoxy) is 3. The fraction of sp³-hybridized carbons (Fsp3) is 0.380. The standard InChI is InChI=1S/C50H57N7O9/c1-50(2)65-43-40-42(64-49(43)66-50)41(58)48(63)56-37(25-29-13-5-3-6-14-29)45(60)55-39(27-33-28-52-35-18-10-9-17-34(33)35)46(61)53-36(19-11-12-24-51)44(59)54-38(47(62)57-40)26-30-20-22-32(23-21-30)31-15-7-4-8-16-31/h3-10,13-18,20-23,28,36-43,49,52,58H,11-12,19,24-27,51H2,1-2H3,(H,53,61)(H,54,59)(H,55,60)(H,56,63)(H,57,62)/t36?,37?,38-,39+,40+,41?,42?,43?,49+/m0/s1. The molecule has 8 rings (SSSR count). The number of benzene rings is 4. The highest BCUT2D eigenvalue weighted by molar-refractivity contribution is 5.97. The molecule has 5 amide bonds. The number of para-hydroxylation sites is 1. The van der Waals surface area contributed by atoms with E-state index in [1.54, 1.807) is 44.3 Å². The number of carbonyl (C=O) groups excluding carboxylic acids is 5. The zero-order chi connectivity index (χ0) is 46.4. The maximum absolute atomic E-state index is 14.7. The molecule has 1 aromatic heterocycles. The first-order valence-electron chi connectivity index (χ1n) is 22.5. The van der Waals surface area contributed by atoms with Crippen molar-refractivity contribution in [1.82, 2.24) is 31.6 Å². The van der Waals surface area contributed by atoms with Gasteiger partial charge < -0.3 is 56.6 Å². The van der Waals surface area contributed by atoms with Gasteiger partial charge >= 0.3 is 0 Å². The van der Waals surface area contributed by atoms with Crippen LogP contribution < -0.4 is 32.3 Å². The number of hydrogen-bond donors (Lipinski definition) is 8. The van der Waals surface area contributed by atoms with Gasteiger partial charge in [0.05, 0.1) is 6.04 Å². The number of fused-ring (bicyclic) bond motifs is 4. The van der Waals surface area contributed by atoms with Crippen molar-refractivity contribution in [2.75, 3.05) is 6.54 Å². The normalized spacial score (nSPS) is 27.2. The number of unbranched alkanes of at least 4 members (excludes halogenated alkanes) is 1. The Bertz CT molecular complexity index is 2500.